The molecule has 0 unspecified atom stereocenters. The second-order valence-electron chi connectivity index (χ2n) is 6.06. The molecule has 15 heavy (non-hydrogen) atoms. The molecule has 0 aromatic rings. The third-order valence-electron chi connectivity index (χ3n) is 3.44. The lowest BCUT2D eigenvalue weighted by Gasteiger charge is -2.32. The lowest BCUT2D eigenvalue weighted by molar-refractivity contribution is 0.202. The van der Waals surface area contributed by atoms with Gasteiger partial charge in [0, 0.05) is 0 Å². The minimum absolute atomic E-state index is 0.545. The fourth-order valence-electron chi connectivity index (χ4n) is 2.71. The van der Waals surface area contributed by atoms with Gasteiger partial charge >= 0.3 is 0 Å². The second kappa shape index (κ2) is 7.30. The molecule has 0 saturated heterocycles. The smallest absolute Gasteiger partial charge is 0.0380 e. The molecule has 0 nitrogen and oxygen atoms in total. The maximum Gasteiger partial charge on any atom is -0.0380 e. The third kappa shape index (κ3) is 6.98. The van der Waals surface area contributed by atoms with Gasteiger partial charge in [-0.2, -0.15) is 0 Å². The average Bonchev–Trinajstić information content (AvgIpc) is 2.20. The van der Waals surface area contributed by atoms with Crippen molar-refractivity contribution in [1.82, 2.24) is 0 Å². The van der Waals surface area contributed by atoms with Crippen molar-refractivity contribution in [3.05, 3.63) is 0 Å². The Labute approximate surface area is 97.8 Å². The van der Waals surface area contributed by atoms with Crippen LogP contribution in [0.2, 0.25) is 0 Å². The van der Waals surface area contributed by atoms with Crippen molar-refractivity contribution in [2.75, 3.05) is 0 Å². The summed E-state index contributed by atoms with van der Waals surface area (Å²) in [5, 5.41) is 0. The molecule has 0 radical (unpaired) electrons. The van der Waals surface area contributed by atoms with E-state index in [2.05, 4.69) is 27.7 Å². The summed E-state index contributed by atoms with van der Waals surface area (Å²) < 4.78 is 0. The number of hydrogen-bond acceptors (Lipinski definition) is 0. The van der Waals surface area contributed by atoms with Gasteiger partial charge in [-0.05, 0) is 23.7 Å². The van der Waals surface area contributed by atoms with E-state index in [-0.39, 0.29) is 0 Å². The molecule has 0 heterocycles. The van der Waals surface area contributed by atoms with E-state index >= 15 is 0 Å². The lowest BCUT2D eigenvalue weighted by atomic mass is 9.74. The monoisotopic (exact) mass is 212 g/mol. The highest BCUT2D eigenvalue weighted by atomic mass is 14.3. The van der Waals surface area contributed by atoms with Gasteiger partial charge in [-0.3, -0.25) is 0 Å². The maximum atomic E-state index is 2.37. The molecule has 92 valence electrons. The molecular weight excluding hydrogens is 180 g/mol. The van der Waals surface area contributed by atoms with Crippen LogP contribution in [-0.2, 0) is 0 Å². The Balaban J connectivity index is 0.000000921. The zero-order valence-corrected chi connectivity index (χ0v) is 11.9. The van der Waals surface area contributed by atoms with Crippen LogP contribution in [0.3, 0.4) is 0 Å². The quantitative estimate of drug-likeness (QED) is 0.553. The van der Waals surface area contributed by atoms with Crippen LogP contribution in [0, 0.1) is 17.3 Å². The van der Waals surface area contributed by atoms with Crippen molar-refractivity contribution in [2.24, 2.45) is 17.3 Å². The third-order valence-corrected chi connectivity index (χ3v) is 3.44. The van der Waals surface area contributed by atoms with Crippen molar-refractivity contribution in [1.29, 1.82) is 0 Å². The fraction of sp³-hybridized carbons (Fsp3) is 1.00. The van der Waals surface area contributed by atoms with E-state index in [1.54, 1.807) is 0 Å². The van der Waals surface area contributed by atoms with Crippen LogP contribution in [0.4, 0.5) is 0 Å². The van der Waals surface area contributed by atoms with Crippen LogP contribution in [-0.4, -0.2) is 0 Å². The predicted octanol–water partition coefficient (Wildman–Crippen LogP) is 5.67. The first-order chi connectivity index (χ1) is 7.01. The maximum absolute atomic E-state index is 2.37. The van der Waals surface area contributed by atoms with Gasteiger partial charge in [-0.25, -0.2) is 0 Å². The Hall–Kier alpha value is 0. The minimum atomic E-state index is 0.545. The summed E-state index contributed by atoms with van der Waals surface area (Å²) in [6.45, 7) is 13.5. The van der Waals surface area contributed by atoms with Crippen molar-refractivity contribution in [3.63, 3.8) is 0 Å². The highest BCUT2D eigenvalue weighted by Gasteiger charge is 2.23. The minimum Gasteiger partial charge on any atom is -0.0683 e. The summed E-state index contributed by atoms with van der Waals surface area (Å²) in [5.74, 6) is 2.08. The predicted molar refractivity (Wildman–Crippen MR) is 71.2 cm³/mol. The Morgan fingerprint density at radius 1 is 0.867 bits per heavy atom. The summed E-state index contributed by atoms with van der Waals surface area (Å²) >= 11 is 0. The van der Waals surface area contributed by atoms with E-state index in [9.17, 15) is 0 Å². The Bertz CT molecular complexity index is 133. The molecule has 0 heteroatoms. The molecule has 1 aliphatic carbocycles. The summed E-state index contributed by atoms with van der Waals surface area (Å²) in [6.07, 6.45) is 8.83. The number of rotatable bonds is 2. The highest BCUT2D eigenvalue weighted by molar-refractivity contribution is 4.75. The molecule has 1 aliphatic rings. The molecule has 1 rings (SSSR count). The van der Waals surface area contributed by atoms with Crippen LogP contribution in [0.5, 0.6) is 0 Å². The average molecular weight is 212 g/mol. The Morgan fingerprint density at radius 2 is 1.27 bits per heavy atom. The largest absolute Gasteiger partial charge is 0.0683 e. The molecule has 0 aromatic heterocycles. The first kappa shape index (κ1) is 15.0. The van der Waals surface area contributed by atoms with Crippen molar-refractivity contribution in [2.45, 2.75) is 80.1 Å². The van der Waals surface area contributed by atoms with Gasteiger partial charge in [-0.1, -0.05) is 73.6 Å². The van der Waals surface area contributed by atoms with E-state index in [4.69, 9.17) is 0 Å². The number of hydrogen-bond donors (Lipinski definition) is 0. The van der Waals surface area contributed by atoms with Crippen molar-refractivity contribution in [3.8, 4) is 0 Å². The fourth-order valence-corrected chi connectivity index (χ4v) is 2.71. The van der Waals surface area contributed by atoms with Crippen LogP contribution < -0.4 is 0 Å². The summed E-state index contributed by atoms with van der Waals surface area (Å²) in [5.41, 5.74) is 0.545. The second-order valence-corrected chi connectivity index (χ2v) is 6.06. The van der Waals surface area contributed by atoms with Gasteiger partial charge in [0.15, 0.2) is 0 Å². The van der Waals surface area contributed by atoms with E-state index in [0.29, 0.717) is 5.41 Å². The molecule has 0 N–H and O–H groups in total. The van der Waals surface area contributed by atoms with Gasteiger partial charge in [0.25, 0.3) is 0 Å². The first-order valence-corrected chi connectivity index (χ1v) is 7.01. The van der Waals surface area contributed by atoms with E-state index in [1.807, 2.05) is 13.8 Å². The lowest BCUT2D eigenvalue weighted by Crippen LogP contribution is -2.19. The molecule has 1 saturated carbocycles. The van der Waals surface area contributed by atoms with E-state index in [0.717, 1.165) is 11.8 Å². The zero-order valence-electron chi connectivity index (χ0n) is 11.9. The molecule has 0 aliphatic heterocycles. The van der Waals surface area contributed by atoms with Gasteiger partial charge in [0.1, 0.15) is 0 Å². The van der Waals surface area contributed by atoms with Crippen LogP contribution >= 0.6 is 0 Å². The van der Waals surface area contributed by atoms with Crippen molar-refractivity contribution < 1.29 is 0 Å². The van der Waals surface area contributed by atoms with E-state index < -0.39 is 0 Å². The highest BCUT2D eigenvalue weighted by Crippen LogP contribution is 2.37. The van der Waals surface area contributed by atoms with Gasteiger partial charge in [0.05, 0.1) is 0 Å². The summed E-state index contributed by atoms with van der Waals surface area (Å²) in [4.78, 5) is 0. The van der Waals surface area contributed by atoms with Gasteiger partial charge in [0.2, 0.25) is 0 Å². The van der Waals surface area contributed by atoms with Crippen LogP contribution in [0.1, 0.15) is 80.1 Å². The molecule has 0 aromatic carbocycles. The SMILES string of the molecule is CC.CCC1CCC(CC(C)(C)C)CC1. The van der Waals surface area contributed by atoms with Gasteiger partial charge < -0.3 is 0 Å². The normalized spacial score (nSPS) is 26.8. The standard InChI is InChI=1S/C13H26.C2H6/c1-5-11-6-8-12(9-7-11)10-13(2,3)4;1-2/h11-12H,5-10H2,1-4H3;1-2H3. The molecule has 0 amide bonds. The first-order valence-electron chi connectivity index (χ1n) is 7.01. The molecule has 1 fully saturated rings. The van der Waals surface area contributed by atoms with Crippen LogP contribution in [0.25, 0.3) is 0 Å². The molecular formula is C15H32. The topological polar surface area (TPSA) is 0 Å². The molecule has 0 bridgehead atoms. The van der Waals surface area contributed by atoms with Gasteiger partial charge in [-0.15, -0.1) is 0 Å². The summed E-state index contributed by atoms with van der Waals surface area (Å²) in [7, 11) is 0. The van der Waals surface area contributed by atoms with Crippen molar-refractivity contribution >= 4 is 0 Å². The molecule has 0 spiro atoms. The molecule has 0 atom stereocenters. The van der Waals surface area contributed by atoms with E-state index in [1.165, 1.54) is 38.5 Å². The Kier molecular flexibility index (Phi) is 7.30. The summed E-state index contributed by atoms with van der Waals surface area (Å²) in [6, 6.07) is 0. The zero-order chi connectivity index (χ0) is 11.9. The van der Waals surface area contributed by atoms with Crippen LogP contribution in [0.15, 0.2) is 0 Å². The Morgan fingerprint density at radius 3 is 1.60 bits per heavy atom.